The first kappa shape index (κ1) is 24.0. The topological polar surface area (TPSA) is 100 Å². The van der Waals surface area contributed by atoms with Gasteiger partial charge in [-0.2, -0.15) is 4.31 Å². The van der Waals surface area contributed by atoms with Crippen molar-refractivity contribution in [2.24, 2.45) is 0 Å². The van der Waals surface area contributed by atoms with Crippen molar-refractivity contribution in [3.05, 3.63) is 60.5 Å². The quantitative estimate of drug-likeness (QED) is 0.525. The Morgan fingerprint density at radius 2 is 1.68 bits per heavy atom. The van der Waals surface area contributed by atoms with Crippen LogP contribution in [0, 0.1) is 5.82 Å². The molecule has 1 N–H and O–H groups in total. The predicted molar refractivity (Wildman–Crippen MR) is 126 cm³/mol. The van der Waals surface area contributed by atoms with E-state index in [1.807, 2.05) is 6.20 Å². The molecule has 1 aliphatic heterocycles. The molecule has 1 saturated heterocycles. The second-order valence-electron chi connectivity index (χ2n) is 8.18. The Kier molecular flexibility index (Phi) is 7.35. The zero-order valence-electron chi connectivity index (χ0n) is 18.9. The van der Waals surface area contributed by atoms with E-state index in [0.29, 0.717) is 44.1 Å². The highest BCUT2D eigenvalue weighted by molar-refractivity contribution is 7.89. The number of carbonyl (C=O) groups is 1. The van der Waals surface area contributed by atoms with Gasteiger partial charge in [-0.1, -0.05) is 5.21 Å². The Balaban J connectivity index is 1.24. The van der Waals surface area contributed by atoms with Crippen LogP contribution in [0.2, 0.25) is 0 Å². The Bertz CT molecular complexity index is 1220. The summed E-state index contributed by atoms with van der Waals surface area (Å²) in [6, 6.07) is 12.4. The molecule has 4 rings (SSSR count). The van der Waals surface area contributed by atoms with E-state index in [1.54, 1.807) is 28.9 Å². The van der Waals surface area contributed by atoms with Crippen molar-refractivity contribution < 1.29 is 17.6 Å². The summed E-state index contributed by atoms with van der Waals surface area (Å²) in [4.78, 5) is 13.6. The van der Waals surface area contributed by atoms with Crippen molar-refractivity contribution in [1.82, 2.24) is 24.2 Å². The number of halogens is 1. The maximum absolute atomic E-state index is 13.1. The van der Waals surface area contributed by atoms with E-state index in [1.165, 1.54) is 35.5 Å². The molecule has 11 heteroatoms. The van der Waals surface area contributed by atoms with E-state index in [0.717, 1.165) is 18.5 Å². The molecule has 2 heterocycles. The Morgan fingerprint density at radius 3 is 2.32 bits per heavy atom. The number of aryl methyl sites for hydroxylation is 1. The molecule has 0 atom stereocenters. The molecule has 1 fully saturated rings. The number of carbonyl (C=O) groups excluding carboxylic acids is 1. The summed E-state index contributed by atoms with van der Waals surface area (Å²) < 4.78 is 42.2. The van der Waals surface area contributed by atoms with E-state index < -0.39 is 10.0 Å². The number of hydrogen-bond acceptors (Lipinski definition) is 6. The average molecular weight is 487 g/mol. The lowest BCUT2D eigenvalue weighted by atomic mass is 10.2. The SMILES string of the molecule is CC(=O)Nc1ccc(S(=O)(=O)N2CCN(CCCn3cc(-c4ccc(F)cc4)nn3)CC2)cc1. The maximum atomic E-state index is 13.1. The summed E-state index contributed by atoms with van der Waals surface area (Å²) in [6.07, 6.45) is 2.69. The summed E-state index contributed by atoms with van der Waals surface area (Å²) in [7, 11) is -3.57. The number of nitrogens with zero attached hydrogens (tertiary/aromatic N) is 5. The molecule has 9 nitrogen and oxygen atoms in total. The first-order valence-corrected chi connectivity index (χ1v) is 12.5. The number of hydrogen-bond donors (Lipinski definition) is 1. The highest BCUT2D eigenvalue weighted by Gasteiger charge is 2.28. The molecule has 0 spiro atoms. The second-order valence-corrected chi connectivity index (χ2v) is 10.1. The zero-order chi connectivity index (χ0) is 24.1. The van der Waals surface area contributed by atoms with Crippen LogP contribution in [0.25, 0.3) is 11.3 Å². The molecule has 0 unspecified atom stereocenters. The number of nitrogens with one attached hydrogen (secondary N) is 1. The number of piperazine rings is 1. The molecule has 0 bridgehead atoms. The van der Waals surface area contributed by atoms with Gasteiger partial charge in [-0.25, -0.2) is 12.8 Å². The maximum Gasteiger partial charge on any atom is 0.243 e. The molecule has 1 aromatic heterocycles. The fourth-order valence-corrected chi connectivity index (χ4v) is 5.30. The van der Waals surface area contributed by atoms with Gasteiger partial charge in [0.2, 0.25) is 15.9 Å². The predicted octanol–water partition coefficient (Wildman–Crippen LogP) is 2.44. The van der Waals surface area contributed by atoms with Gasteiger partial charge < -0.3 is 10.2 Å². The third kappa shape index (κ3) is 5.85. The average Bonchev–Trinajstić information content (AvgIpc) is 3.29. The van der Waals surface area contributed by atoms with Crippen molar-refractivity contribution in [2.45, 2.75) is 24.8 Å². The third-order valence-corrected chi connectivity index (χ3v) is 7.60. The van der Waals surface area contributed by atoms with Crippen molar-refractivity contribution in [1.29, 1.82) is 0 Å². The van der Waals surface area contributed by atoms with Crippen LogP contribution in [-0.4, -0.2) is 71.2 Å². The molecule has 3 aromatic rings. The smallest absolute Gasteiger partial charge is 0.243 e. The molecule has 1 amide bonds. The highest BCUT2D eigenvalue weighted by Crippen LogP contribution is 2.20. The van der Waals surface area contributed by atoms with Crippen molar-refractivity contribution in [2.75, 3.05) is 38.0 Å². The van der Waals surface area contributed by atoms with Crippen molar-refractivity contribution >= 4 is 21.6 Å². The number of anilines is 1. The van der Waals surface area contributed by atoms with Gasteiger partial charge in [0.05, 0.1) is 11.1 Å². The lowest BCUT2D eigenvalue weighted by Crippen LogP contribution is -2.48. The number of aromatic nitrogens is 3. The van der Waals surface area contributed by atoms with Crippen LogP contribution in [0.5, 0.6) is 0 Å². The minimum Gasteiger partial charge on any atom is -0.326 e. The Hall–Kier alpha value is -3.15. The zero-order valence-corrected chi connectivity index (χ0v) is 19.7. The molecule has 1 aliphatic rings. The van der Waals surface area contributed by atoms with Crippen LogP contribution in [0.1, 0.15) is 13.3 Å². The largest absolute Gasteiger partial charge is 0.326 e. The molecule has 2 aromatic carbocycles. The monoisotopic (exact) mass is 486 g/mol. The minimum absolute atomic E-state index is 0.205. The summed E-state index contributed by atoms with van der Waals surface area (Å²) in [6.45, 7) is 5.07. The van der Waals surface area contributed by atoms with E-state index in [2.05, 4.69) is 20.5 Å². The van der Waals surface area contributed by atoms with E-state index >= 15 is 0 Å². The summed E-state index contributed by atoms with van der Waals surface area (Å²) in [5.41, 5.74) is 2.08. The van der Waals surface area contributed by atoms with Crippen molar-refractivity contribution in [3.8, 4) is 11.3 Å². The Morgan fingerprint density at radius 1 is 1.00 bits per heavy atom. The van der Waals surface area contributed by atoms with Gasteiger partial charge in [-0.15, -0.1) is 5.10 Å². The van der Waals surface area contributed by atoms with Crippen LogP contribution in [0.4, 0.5) is 10.1 Å². The van der Waals surface area contributed by atoms with Crippen LogP contribution in [-0.2, 0) is 21.4 Å². The minimum atomic E-state index is -3.57. The van der Waals surface area contributed by atoms with Crippen LogP contribution in [0.15, 0.2) is 59.6 Å². The lowest BCUT2D eigenvalue weighted by Gasteiger charge is -2.34. The first-order valence-electron chi connectivity index (χ1n) is 11.1. The van der Waals surface area contributed by atoms with Gasteiger partial charge in [-0.3, -0.25) is 9.48 Å². The fourth-order valence-electron chi connectivity index (χ4n) is 3.87. The molecular weight excluding hydrogens is 459 g/mol. The molecule has 34 heavy (non-hydrogen) atoms. The first-order chi connectivity index (χ1) is 16.3. The highest BCUT2D eigenvalue weighted by atomic mass is 32.2. The van der Waals surface area contributed by atoms with Gasteiger partial charge >= 0.3 is 0 Å². The number of benzene rings is 2. The van der Waals surface area contributed by atoms with Crippen LogP contribution < -0.4 is 5.32 Å². The lowest BCUT2D eigenvalue weighted by molar-refractivity contribution is -0.114. The van der Waals surface area contributed by atoms with Crippen LogP contribution >= 0.6 is 0 Å². The van der Waals surface area contributed by atoms with Gasteiger partial charge in [0.25, 0.3) is 0 Å². The summed E-state index contributed by atoms with van der Waals surface area (Å²) in [5.74, 6) is -0.493. The number of rotatable bonds is 8. The summed E-state index contributed by atoms with van der Waals surface area (Å²) >= 11 is 0. The molecular formula is C23H27FN6O3S. The van der Waals surface area contributed by atoms with Crippen molar-refractivity contribution in [3.63, 3.8) is 0 Å². The number of amides is 1. The normalized spacial score (nSPS) is 15.4. The van der Waals surface area contributed by atoms with Crippen LogP contribution in [0.3, 0.4) is 0 Å². The van der Waals surface area contributed by atoms with E-state index in [4.69, 9.17) is 0 Å². The Labute approximate surface area is 198 Å². The van der Waals surface area contributed by atoms with Gasteiger partial charge in [-0.05, 0) is 55.0 Å². The van der Waals surface area contributed by atoms with E-state index in [9.17, 15) is 17.6 Å². The summed E-state index contributed by atoms with van der Waals surface area (Å²) in [5, 5.41) is 10.9. The second kappa shape index (κ2) is 10.4. The molecule has 180 valence electrons. The van der Waals surface area contributed by atoms with Gasteiger partial charge in [0.1, 0.15) is 11.5 Å². The van der Waals surface area contributed by atoms with E-state index in [-0.39, 0.29) is 16.6 Å². The van der Waals surface area contributed by atoms with Gasteiger partial charge in [0, 0.05) is 57.4 Å². The fraction of sp³-hybridized carbons (Fsp3) is 0.348. The third-order valence-electron chi connectivity index (χ3n) is 5.68. The molecule has 0 saturated carbocycles. The standard InChI is InChI=1S/C23H27FN6O3S/c1-18(31)25-21-7-9-22(10-8-21)34(32,33)30-15-13-28(14-16-30)11-2-12-29-17-23(26-27-29)19-3-5-20(24)6-4-19/h3-10,17H,2,11-16H2,1H3,(H,25,31). The van der Waals surface area contributed by atoms with Gasteiger partial charge in [0.15, 0.2) is 0 Å². The molecule has 0 radical (unpaired) electrons. The number of sulfonamides is 1. The molecule has 0 aliphatic carbocycles.